The van der Waals surface area contributed by atoms with Gasteiger partial charge in [0.25, 0.3) is 0 Å². The SMILES string of the molecule is CC(NCC(O)COc1ccc(Br)cc1)C(=O)N(C)C. The molecule has 1 aromatic rings. The molecule has 0 aliphatic rings. The molecule has 2 unspecified atom stereocenters. The van der Waals surface area contributed by atoms with Crippen LogP contribution in [0.15, 0.2) is 28.7 Å². The normalized spacial score (nSPS) is 13.7. The Hall–Kier alpha value is -1.11. The predicted octanol–water partition coefficient (Wildman–Crippen LogP) is 1.26. The molecule has 0 heterocycles. The quantitative estimate of drug-likeness (QED) is 0.781. The van der Waals surface area contributed by atoms with Crippen LogP contribution in [-0.2, 0) is 4.79 Å². The molecule has 2 N–H and O–H groups in total. The first-order chi connectivity index (χ1) is 9.40. The summed E-state index contributed by atoms with van der Waals surface area (Å²) in [4.78, 5) is 13.1. The van der Waals surface area contributed by atoms with Crippen molar-refractivity contribution in [2.75, 3.05) is 27.2 Å². The van der Waals surface area contributed by atoms with Crippen molar-refractivity contribution in [3.05, 3.63) is 28.7 Å². The summed E-state index contributed by atoms with van der Waals surface area (Å²) in [6.45, 7) is 2.25. The molecule has 1 aromatic carbocycles. The highest BCUT2D eigenvalue weighted by Gasteiger charge is 2.15. The number of nitrogens with one attached hydrogen (secondary N) is 1. The minimum atomic E-state index is -0.670. The molecular weight excluding hydrogens is 324 g/mol. The molecule has 0 saturated heterocycles. The van der Waals surface area contributed by atoms with Crippen LogP contribution < -0.4 is 10.1 Å². The summed E-state index contributed by atoms with van der Waals surface area (Å²) in [5.41, 5.74) is 0. The zero-order chi connectivity index (χ0) is 15.1. The van der Waals surface area contributed by atoms with Crippen LogP contribution in [0.25, 0.3) is 0 Å². The van der Waals surface area contributed by atoms with Crippen molar-refractivity contribution in [1.29, 1.82) is 0 Å². The Bertz CT molecular complexity index is 423. The lowest BCUT2D eigenvalue weighted by atomic mass is 10.2. The molecule has 0 spiro atoms. The van der Waals surface area contributed by atoms with Crippen molar-refractivity contribution in [3.63, 3.8) is 0 Å². The second kappa shape index (κ2) is 8.24. The number of nitrogens with zero attached hydrogens (tertiary/aromatic N) is 1. The minimum absolute atomic E-state index is 0.0222. The lowest BCUT2D eigenvalue weighted by Crippen LogP contribution is -2.45. The molecule has 20 heavy (non-hydrogen) atoms. The Labute approximate surface area is 128 Å². The average Bonchev–Trinajstić information content (AvgIpc) is 2.43. The maximum absolute atomic E-state index is 11.6. The summed E-state index contributed by atoms with van der Waals surface area (Å²) < 4.78 is 6.43. The van der Waals surface area contributed by atoms with Crippen LogP contribution in [0.3, 0.4) is 0 Å². The number of likely N-dealkylation sites (N-methyl/N-ethyl adjacent to an activating group) is 1. The van der Waals surface area contributed by atoms with Crippen molar-refractivity contribution in [2.24, 2.45) is 0 Å². The topological polar surface area (TPSA) is 61.8 Å². The van der Waals surface area contributed by atoms with E-state index in [9.17, 15) is 9.90 Å². The molecule has 1 rings (SSSR count). The van der Waals surface area contributed by atoms with E-state index in [1.54, 1.807) is 21.0 Å². The van der Waals surface area contributed by atoms with Gasteiger partial charge in [0, 0.05) is 25.1 Å². The van der Waals surface area contributed by atoms with Gasteiger partial charge in [-0.3, -0.25) is 4.79 Å². The van der Waals surface area contributed by atoms with E-state index in [0.29, 0.717) is 12.3 Å². The van der Waals surface area contributed by atoms with E-state index < -0.39 is 6.10 Å². The van der Waals surface area contributed by atoms with Gasteiger partial charge in [-0.25, -0.2) is 0 Å². The molecule has 0 aliphatic carbocycles. The van der Waals surface area contributed by atoms with Gasteiger partial charge in [-0.05, 0) is 31.2 Å². The van der Waals surface area contributed by atoms with Crippen LogP contribution in [0.2, 0.25) is 0 Å². The zero-order valence-corrected chi connectivity index (χ0v) is 13.6. The predicted molar refractivity (Wildman–Crippen MR) is 81.8 cm³/mol. The summed E-state index contributed by atoms with van der Waals surface area (Å²) in [6, 6.07) is 7.06. The van der Waals surface area contributed by atoms with Crippen LogP contribution in [0, 0.1) is 0 Å². The molecule has 0 saturated carbocycles. The largest absolute Gasteiger partial charge is 0.491 e. The maximum atomic E-state index is 11.6. The number of amides is 1. The number of aliphatic hydroxyl groups is 1. The number of benzene rings is 1. The summed E-state index contributed by atoms with van der Waals surface area (Å²) >= 11 is 3.34. The van der Waals surface area contributed by atoms with E-state index in [1.165, 1.54) is 4.90 Å². The molecule has 2 atom stereocenters. The molecule has 0 radical (unpaired) electrons. The van der Waals surface area contributed by atoms with Gasteiger partial charge in [0.15, 0.2) is 0 Å². The van der Waals surface area contributed by atoms with Crippen LogP contribution >= 0.6 is 15.9 Å². The van der Waals surface area contributed by atoms with Crippen molar-refractivity contribution < 1.29 is 14.6 Å². The summed E-state index contributed by atoms with van der Waals surface area (Å²) in [5.74, 6) is 0.677. The number of carbonyl (C=O) groups excluding carboxylic acids is 1. The first kappa shape index (κ1) is 16.9. The number of hydrogen-bond donors (Lipinski definition) is 2. The highest BCUT2D eigenvalue weighted by Crippen LogP contribution is 2.16. The third-order valence-corrected chi connectivity index (χ3v) is 3.26. The summed E-state index contributed by atoms with van der Waals surface area (Å²) in [6.07, 6.45) is -0.670. The molecule has 0 aromatic heterocycles. The smallest absolute Gasteiger partial charge is 0.238 e. The molecule has 5 nitrogen and oxygen atoms in total. The van der Waals surface area contributed by atoms with Gasteiger partial charge in [0.05, 0.1) is 6.04 Å². The zero-order valence-electron chi connectivity index (χ0n) is 12.0. The summed E-state index contributed by atoms with van der Waals surface area (Å²) in [7, 11) is 3.40. The molecule has 6 heteroatoms. The van der Waals surface area contributed by atoms with Crippen molar-refractivity contribution in [2.45, 2.75) is 19.1 Å². The maximum Gasteiger partial charge on any atom is 0.238 e. The number of carbonyl (C=O) groups is 1. The van der Waals surface area contributed by atoms with Crippen molar-refractivity contribution in [3.8, 4) is 5.75 Å². The van der Waals surface area contributed by atoms with Crippen LogP contribution in [0.4, 0.5) is 0 Å². The van der Waals surface area contributed by atoms with Gasteiger partial charge in [-0.2, -0.15) is 0 Å². The first-order valence-corrected chi connectivity index (χ1v) is 7.20. The average molecular weight is 345 g/mol. The Morgan fingerprint density at radius 1 is 1.40 bits per heavy atom. The number of aliphatic hydroxyl groups excluding tert-OH is 1. The Kier molecular flexibility index (Phi) is 6.98. The third-order valence-electron chi connectivity index (χ3n) is 2.73. The van der Waals surface area contributed by atoms with Gasteiger partial charge in [0.2, 0.25) is 5.91 Å². The van der Waals surface area contributed by atoms with Crippen molar-refractivity contribution >= 4 is 21.8 Å². The molecule has 1 amide bonds. The van der Waals surface area contributed by atoms with E-state index in [0.717, 1.165) is 4.47 Å². The van der Waals surface area contributed by atoms with Gasteiger partial charge in [0.1, 0.15) is 18.5 Å². The second-order valence-corrected chi connectivity index (χ2v) is 5.70. The van der Waals surface area contributed by atoms with Gasteiger partial charge >= 0.3 is 0 Å². The van der Waals surface area contributed by atoms with E-state index >= 15 is 0 Å². The number of ether oxygens (including phenoxy) is 1. The molecule has 0 bridgehead atoms. The van der Waals surface area contributed by atoms with E-state index in [2.05, 4.69) is 21.2 Å². The Morgan fingerprint density at radius 2 is 2.00 bits per heavy atom. The number of rotatable bonds is 7. The lowest BCUT2D eigenvalue weighted by Gasteiger charge is -2.20. The van der Waals surface area contributed by atoms with E-state index in [-0.39, 0.29) is 18.6 Å². The van der Waals surface area contributed by atoms with Crippen molar-refractivity contribution in [1.82, 2.24) is 10.2 Å². The van der Waals surface area contributed by atoms with Gasteiger partial charge in [-0.1, -0.05) is 15.9 Å². The van der Waals surface area contributed by atoms with Crippen LogP contribution in [-0.4, -0.2) is 55.3 Å². The number of hydrogen-bond acceptors (Lipinski definition) is 4. The fourth-order valence-corrected chi connectivity index (χ4v) is 1.83. The Balaban J connectivity index is 2.28. The van der Waals surface area contributed by atoms with Gasteiger partial charge < -0.3 is 20.1 Å². The van der Waals surface area contributed by atoms with E-state index in [1.807, 2.05) is 24.3 Å². The fraction of sp³-hybridized carbons (Fsp3) is 0.500. The minimum Gasteiger partial charge on any atom is -0.491 e. The van der Waals surface area contributed by atoms with Crippen LogP contribution in [0.1, 0.15) is 6.92 Å². The van der Waals surface area contributed by atoms with E-state index in [4.69, 9.17) is 4.74 Å². The first-order valence-electron chi connectivity index (χ1n) is 6.41. The third kappa shape index (κ3) is 5.90. The fourth-order valence-electron chi connectivity index (χ4n) is 1.57. The molecular formula is C14H21BrN2O3. The molecule has 0 fully saturated rings. The second-order valence-electron chi connectivity index (χ2n) is 4.78. The monoisotopic (exact) mass is 344 g/mol. The number of halogens is 1. The Morgan fingerprint density at radius 3 is 2.55 bits per heavy atom. The molecule has 0 aliphatic heterocycles. The highest BCUT2D eigenvalue weighted by atomic mass is 79.9. The van der Waals surface area contributed by atoms with Crippen LogP contribution in [0.5, 0.6) is 5.75 Å². The van der Waals surface area contributed by atoms with Gasteiger partial charge in [-0.15, -0.1) is 0 Å². The summed E-state index contributed by atoms with van der Waals surface area (Å²) in [5, 5.41) is 12.8. The lowest BCUT2D eigenvalue weighted by molar-refractivity contribution is -0.130. The molecule has 112 valence electrons. The highest BCUT2D eigenvalue weighted by molar-refractivity contribution is 9.10. The standard InChI is InChI=1S/C14H21BrN2O3/c1-10(14(19)17(2)3)16-8-12(18)9-20-13-6-4-11(15)5-7-13/h4-7,10,12,16,18H,8-9H2,1-3H3.